The highest BCUT2D eigenvalue weighted by Gasteiger charge is 2.17. The molecule has 1 rings (SSSR count). The molecule has 0 amide bonds. The summed E-state index contributed by atoms with van der Waals surface area (Å²) in [7, 11) is -5.69. The van der Waals surface area contributed by atoms with Crippen LogP contribution in [0.25, 0.3) is 0 Å². The highest BCUT2D eigenvalue weighted by atomic mass is 32.2. The van der Waals surface area contributed by atoms with E-state index in [0.29, 0.717) is 12.1 Å². The van der Waals surface area contributed by atoms with Crippen molar-refractivity contribution in [3.05, 3.63) is 24.3 Å². The van der Waals surface area contributed by atoms with Crippen molar-refractivity contribution in [1.29, 1.82) is 0 Å². The SMILES string of the molecule is CCCS(=O)(=O)N(C)c1ccc(S(N)(=O)=O)cc1. The van der Waals surface area contributed by atoms with Gasteiger partial charge >= 0.3 is 0 Å². The average molecular weight is 292 g/mol. The number of nitrogens with zero attached hydrogens (tertiary/aromatic N) is 1. The number of hydrogen-bond donors (Lipinski definition) is 1. The summed E-state index contributed by atoms with van der Waals surface area (Å²) >= 11 is 0. The van der Waals surface area contributed by atoms with Gasteiger partial charge in [-0.15, -0.1) is 0 Å². The van der Waals surface area contributed by atoms with Gasteiger partial charge in [0.1, 0.15) is 0 Å². The zero-order chi connectivity index (χ0) is 14.0. The molecule has 18 heavy (non-hydrogen) atoms. The molecule has 0 spiro atoms. The topological polar surface area (TPSA) is 97.5 Å². The summed E-state index contributed by atoms with van der Waals surface area (Å²) in [5.41, 5.74) is 0.399. The number of sulfonamides is 2. The molecule has 0 saturated heterocycles. The standard InChI is InChI=1S/C10H16N2O4S2/c1-3-8-17(13,14)12(2)9-4-6-10(7-5-9)18(11,15)16/h4-7H,3,8H2,1-2H3,(H2,11,15,16). The van der Waals surface area contributed by atoms with Gasteiger partial charge in [-0.3, -0.25) is 4.31 Å². The van der Waals surface area contributed by atoms with Crippen molar-refractivity contribution in [2.24, 2.45) is 5.14 Å². The third kappa shape index (κ3) is 3.44. The molecular formula is C10H16N2O4S2. The van der Waals surface area contributed by atoms with Crippen LogP contribution >= 0.6 is 0 Å². The number of nitrogens with two attached hydrogens (primary N) is 1. The molecule has 1 aromatic carbocycles. The Labute approximate surface area is 108 Å². The molecule has 0 saturated carbocycles. The largest absolute Gasteiger partial charge is 0.273 e. The molecule has 0 aliphatic heterocycles. The lowest BCUT2D eigenvalue weighted by Crippen LogP contribution is -2.28. The van der Waals surface area contributed by atoms with Crippen molar-refractivity contribution in [3.63, 3.8) is 0 Å². The minimum atomic E-state index is -3.76. The van der Waals surface area contributed by atoms with Gasteiger partial charge in [0.05, 0.1) is 16.3 Å². The summed E-state index contributed by atoms with van der Waals surface area (Å²) in [6.07, 6.45) is 0.516. The van der Waals surface area contributed by atoms with E-state index >= 15 is 0 Å². The molecule has 0 radical (unpaired) electrons. The van der Waals surface area contributed by atoms with Crippen LogP contribution in [-0.2, 0) is 20.0 Å². The van der Waals surface area contributed by atoms with Crippen LogP contribution in [0.4, 0.5) is 5.69 Å². The van der Waals surface area contributed by atoms with Crippen molar-refractivity contribution < 1.29 is 16.8 Å². The lowest BCUT2D eigenvalue weighted by molar-refractivity contribution is 0.593. The first-order valence-corrected chi connectivity index (χ1v) is 8.43. The van der Waals surface area contributed by atoms with Crippen molar-refractivity contribution >= 4 is 25.7 Å². The van der Waals surface area contributed by atoms with Crippen LogP contribution < -0.4 is 9.44 Å². The van der Waals surface area contributed by atoms with Crippen LogP contribution in [-0.4, -0.2) is 29.6 Å². The zero-order valence-corrected chi connectivity index (χ0v) is 11.8. The molecule has 0 atom stereocenters. The normalized spacial score (nSPS) is 12.4. The van der Waals surface area contributed by atoms with Crippen LogP contribution in [0, 0.1) is 0 Å². The molecule has 0 heterocycles. The van der Waals surface area contributed by atoms with Crippen molar-refractivity contribution in [2.45, 2.75) is 18.2 Å². The Morgan fingerprint density at radius 2 is 1.61 bits per heavy atom. The Balaban J connectivity index is 3.07. The molecule has 0 bridgehead atoms. The van der Waals surface area contributed by atoms with E-state index in [2.05, 4.69) is 0 Å². The Morgan fingerprint density at radius 1 is 1.11 bits per heavy atom. The van der Waals surface area contributed by atoms with Gasteiger partial charge in [-0.25, -0.2) is 22.0 Å². The van der Waals surface area contributed by atoms with Gasteiger partial charge in [0.25, 0.3) is 0 Å². The number of hydrogen-bond acceptors (Lipinski definition) is 4. The maximum Gasteiger partial charge on any atom is 0.238 e. The van der Waals surface area contributed by atoms with Crippen molar-refractivity contribution in [3.8, 4) is 0 Å². The van der Waals surface area contributed by atoms with Gasteiger partial charge in [-0.05, 0) is 30.7 Å². The summed E-state index contributed by atoms with van der Waals surface area (Å²) in [4.78, 5) is -0.0486. The molecule has 0 aromatic heterocycles. The zero-order valence-electron chi connectivity index (χ0n) is 10.2. The third-order valence-corrected chi connectivity index (χ3v) is 5.31. The maximum atomic E-state index is 11.8. The van der Waals surface area contributed by atoms with Gasteiger partial charge < -0.3 is 0 Å². The molecular weight excluding hydrogens is 276 g/mol. The lowest BCUT2D eigenvalue weighted by Gasteiger charge is -2.19. The molecule has 8 heteroatoms. The van der Waals surface area contributed by atoms with Gasteiger partial charge in [-0.1, -0.05) is 6.92 Å². The summed E-state index contributed by atoms with van der Waals surface area (Å²) in [5.74, 6) is 0.0421. The van der Waals surface area contributed by atoms with Crippen LogP contribution in [0.1, 0.15) is 13.3 Å². The van der Waals surface area contributed by atoms with Crippen LogP contribution in [0.5, 0.6) is 0 Å². The summed E-state index contributed by atoms with van der Waals surface area (Å²) in [6.45, 7) is 1.77. The van der Waals surface area contributed by atoms with Crippen molar-refractivity contribution in [2.75, 3.05) is 17.1 Å². The van der Waals surface area contributed by atoms with Gasteiger partial charge in [0.15, 0.2) is 0 Å². The van der Waals surface area contributed by atoms with E-state index in [4.69, 9.17) is 5.14 Å². The lowest BCUT2D eigenvalue weighted by atomic mass is 10.3. The number of anilines is 1. The van der Waals surface area contributed by atoms with Crippen molar-refractivity contribution in [1.82, 2.24) is 0 Å². The van der Waals surface area contributed by atoms with E-state index in [0.717, 1.165) is 4.31 Å². The Morgan fingerprint density at radius 3 is 2.00 bits per heavy atom. The van der Waals surface area contributed by atoms with Crippen LogP contribution in [0.2, 0.25) is 0 Å². The van der Waals surface area contributed by atoms with Crippen LogP contribution in [0.3, 0.4) is 0 Å². The first-order valence-electron chi connectivity index (χ1n) is 5.28. The maximum absolute atomic E-state index is 11.8. The molecule has 102 valence electrons. The fraction of sp³-hybridized carbons (Fsp3) is 0.400. The van der Waals surface area contributed by atoms with E-state index in [1.807, 2.05) is 0 Å². The quantitative estimate of drug-likeness (QED) is 0.855. The van der Waals surface area contributed by atoms with Gasteiger partial charge in [0.2, 0.25) is 20.0 Å². The van der Waals surface area contributed by atoms with Gasteiger partial charge in [0, 0.05) is 7.05 Å². The second-order valence-electron chi connectivity index (χ2n) is 3.82. The minimum Gasteiger partial charge on any atom is -0.273 e. The molecule has 6 nitrogen and oxygen atoms in total. The molecule has 2 N–H and O–H groups in total. The Hall–Kier alpha value is -1.12. The highest BCUT2D eigenvalue weighted by Crippen LogP contribution is 2.19. The summed E-state index contributed by atoms with van der Waals surface area (Å²) < 4.78 is 46.8. The molecule has 0 aliphatic rings. The monoisotopic (exact) mass is 292 g/mol. The van der Waals surface area contributed by atoms with E-state index in [1.54, 1.807) is 6.92 Å². The van der Waals surface area contributed by atoms with Crippen LogP contribution in [0.15, 0.2) is 29.2 Å². The Kier molecular flexibility index (Phi) is 4.36. The predicted octanol–water partition coefficient (Wildman–Crippen LogP) is 0.510. The predicted molar refractivity (Wildman–Crippen MR) is 70.3 cm³/mol. The van der Waals surface area contributed by atoms with E-state index < -0.39 is 20.0 Å². The second-order valence-corrected chi connectivity index (χ2v) is 7.50. The Bertz CT molecular complexity index is 606. The second kappa shape index (κ2) is 5.25. The van der Waals surface area contributed by atoms with E-state index in [9.17, 15) is 16.8 Å². The smallest absolute Gasteiger partial charge is 0.238 e. The number of primary sulfonamides is 1. The first-order chi connectivity index (χ1) is 8.18. The van der Waals surface area contributed by atoms with E-state index in [1.165, 1.54) is 31.3 Å². The summed E-state index contributed by atoms with van der Waals surface area (Å²) in [5, 5.41) is 4.96. The number of rotatable bonds is 5. The van der Waals surface area contributed by atoms with E-state index in [-0.39, 0.29) is 10.6 Å². The minimum absolute atomic E-state index is 0.0421. The average Bonchev–Trinajstić information content (AvgIpc) is 2.27. The first kappa shape index (κ1) is 14.9. The molecule has 0 fully saturated rings. The molecule has 0 unspecified atom stereocenters. The fourth-order valence-corrected chi connectivity index (χ4v) is 3.15. The molecule has 0 aliphatic carbocycles. The fourth-order valence-electron chi connectivity index (χ4n) is 1.40. The highest BCUT2D eigenvalue weighted by molar-refractivity contribution is 7.92. The summed E-state index contributed by atoms with van der Waals surface area (Å²) in [6, 6.07) is 5.38. The van der Waals surface area contributed by atoms with Gasteiger partial charge in [-0.2, -0.15) is 0 Å². The third-order valence-electron chi connectivity index (χ3n) is 2.41. The molecule has 1 aromatic rings. The number of benzene rings is 1.